The Morgan fingerprint density at radius 3 is 2.66 bits per heavy atom. The Kier molecular flexibility index (Phi) is 12.0. The first-order valence-corrected chi connectivity index (χ1v) is 11.8. The first kappa shape index (κ1) is 26.1. The van der Waals surface area contributed by atoms with Crippen LogP contribution in [0.3, 0.4) is 0 Å². The summed E-state index contributed by atoms with van der Waals surface area (Å²) in [7, 11) is -1.80. The second-order valence-corrected chi connectivity index (χ2v) is 9.40. The van der Waals surface area contributed by atoms with Crippen molar-refractivity contribution in [2.24, 2.45) is 4.99 Å². The Hall–Kier alpha value is -0.960. The zero-order chi connectivity index (χ0) is 20.4. The zero-order valence-electron chi connectivity index (χ0n) is 16.8. The van der Waals surface area contributed by atoms with E-state index in [4.69, 9.17) is 0 Å². The number of piperidine rings is 1. The van der Waals surface area contributed by atoms with Crippen LogP contribution in [-0.4, -0.2) is 77.5 Å². The largest absolute Gasteiger partial charge is 0.358 e. The third-order valence-electron chi connectivity index (χ3n) is 4.35. The Labute approximate surface area is 194 Å². The van der Waals surface area contributed by atoms with Crippen LogP contribution < -0.4 is 20.7 Å². The Morgan fingerprint density at radius 1 is 1.34 bits per heavy atom. The van der Waals surface area contributed by atoms with Crippen LogP contribution in [0, 0.1) is 0 Å². The Bertz CT molecular complexity index is 734. The topological polar surface area (TPSA) is 115 Å². The lowest BCUT2D eigenvalue weighted by Crippen LogP contribution is -2.50. The van der Waals surface area contributed by atoms with Crippen LogP contribution in [0.2, 0.25) is 0 Å². The van der Waals surface area contributed by atoms with Gasteiger partial charge >= 0.3 is 0 Å². The monoisotopic (exact) mass is 558 g/mol. The molecule has 1 amide bonds. The number of carbonyl (C=O) groups is 1. The molecule has 1 fully saturated rings. The maximum atomic E-state index is 12.1. The van der Waals surface area contributed by atoms with E-state index in [2.05, 4.69) is 30.6 Å². The normalized spacial score (nSPS) is 16.1. The van der Waals surface area contributed by atoms with Crippen molar-refractivity contribution in [2.45, 2.75) is 30.0 Å². The molecule has 0 radical (unpaired) electrons. The van der Waals surface area contributed by atoms with Crippen LogP contribution >= 0.6 is 35.3 Å². The van der Waals surface area contributed by atoms with E-state index >= 15 is 0 Å². The predicted octanol–water partition coefficient (Wildman–Crippen LogP) is 0.410. The van der Waals surface area contributed by atoms with Crippen molar-refractivity contribution in [1.82, 2.24) is 25.6 Å². The van der Waals surface area contributed by atoms with E-state index < -0.39 is 10.0 Å². The molecule has 0 atom stereocenters. The quantitative estimate of drug-likeness (QED) is 0.151. The van der Waals surface area contributed by atoms with Crippen LogP contribution in [0.4, 0.5) is 0 Å². The van der Waals surface area contributed by atoms with Gasteiger partial charge in [0.2, 0.25) is 15.9 Å². The van der Waals surface area contributed by atoms with Crippen molar-refractivity contribution >= 4 is 57.2 Å². The number of hydrogen-bond acceptors (Lipinski definition) is 6. The SMILES string of the molecule is CCNC(=NCCNS(=O)(=O)c1cccs1)NC1CCN(CC(=O)NC)CC1.I. The van der Waals surface area contributed by atoms with E-state index in [1.807, 2.05) is 6.92 Å². The van der Waals surface area contributed by atoms with Gasteiger partial charge < -0.3 is 16.0 Å². The second-order valence-electron chi connectivity index (χ2n) is 6.46. The number of likely N-dealkylation sites (N-methyl/N-ethyl adjacent to an activating group) is 1. The number of rotatable bonds is 9. The molecule has 4 N–H and O–H groups in total. The average molecular weight is 559 g/mol. The van der Waals surface area contributed by atoms with Crippen LogP contribution in [0.1, 0.15) is 19.8 Å². The van der Waals surface area contributed by atoms with Gasteiger partial charge in [0.05, 0.1) is 13.1 Å². The molecule has 166 valence electrons. The van der Waals surface area contributed by atoms with Crippen LogP contribution in [-0.2, 0) is 14.8 Å². The summed E-state index contributed by atoms with van der Waals surface area (Å²) in [5, 5.41) is 11.0. The molecule has 1 aliphatic rings. The lowest BCUT2D eigenvalue weighted by atomic mass is 10.1. The van der Waals surface area contributed by atoms with Crippen LogP contribution in [0.15, 0.2) is 26.7 Å². The number of thiophene rings is 1. The minimum atomic E-state index is -3.45. The second kappa shape index (κ2) is 13.4. The van der Waals surface area contributed by atoms with Gasteiger partial charge in [-0.2, -0.15) is 0 Å². The first-order valence-electron chi connectivity index (χ1n) is 9.45. The third-order valence-corrected chi connectivity index (χ3v) is 7.21. The zero-order valence-corrected chi connectivity index (χ0v) is 20.8. The summed E-state index contributed by atoms with van der Waals surface area (Å²) in [4.78, 5) is 18.1. The number of hydrogen-bond donors (Lipinski definition) is 4. The summed E-state index contributed by atoms with van der Waals surface area (Å²) in [5.74, 6) is 0.717. The van der Waals surface area contributed by atoms with Gasteiger partial charge in [-0.05, 0) is 31.2 Å². The summed E-state index contributed by atoms with van der Waals surface area (Å²) in [6, 6.07) is 3.57. The van der Waals surface area contributed by atoms with Crippen LogP contribution in [0.5, 0.6) is 0 Å². The number of amides is 1. The van der Waals surface area contributed by atoms with Gasteiger partial charge in [-0.25, -0.2) is 13.1 Å². The summed E-state index contributed by atoms with van der Waals surface area (Å²) in [5.41, 5.74) is 0. The van der Waals surface area contributed by atoms with Crippen molar-refractivity contribution in [3.63, 3.8) is 0 Å². The number of nitrogens with one attached hydrogen (secondary N) is 4. The molecule has 1 aromatic heterocycles. The number of nitrogens with zero attached hydrogens (tertiary/aromatic N) is 2. The molecule has 1 saturated heterocycles. The molecule has 0 saturated carbocycles. The highest BCUT2D eigenvalue weighted by Crippen LogP contribution is 2.14. The van der Waals surface area contributed by atoms with Crippen molar-refractivity contribution < 1.29 is 13.2 Å². The molecule has 2 rings (SSSR count). The standard InChI is InChI=1S/C17H30N6O3S2.HI/c1-3-19-17(20-8-9-21-28(25,26)16-5-4-12-27-16)22-14-6-10-23(11-7-14)13-15(24)18-2;/h4-5,12,14,21H,3,6-11,13H2,1-2H3,(H,18,24)(H2,19,20,22);1H. The highest BCUT2D eigenvalue weighted by Gasteiger charge is 2.21. The van der Waals surface area contributed by atoms with Gasteiger partial charge in [-0.15, -0.1) is 35.3 Å². The highest BCUT2D eigenvalue weighted by atomic mass is 127. The summed E-state index contributed by atoms with van der Waals surface area (Å²) in [6.07, 6.45) is 1.85. The highest BCUT2D eigenvalue weighted by molar-refractivity contribution is 14.0. The Balaban J connectivity index is 0.00000420. The molecule has 1 aliphatic heterocycles. The molecule has 9 nitrogen and oxygen atoms in total. The van der Waals surface area contributed by atoms with Gasteiger partial charge in [-0.3, -0.25) is 14.7 Å². The first-order chi connectivity index (χ1) is 13.4. The predicted molar refractivity (Wildman–Crippen MR) is 128 cm³/mol. The lowest BCUT2D eigenvalue weighted by Gasteiger charge is -2.32. The van der Waals surface area contributed by atoms with E-state index in [1.54, 1.807) is 24.6 Å². The Morgan fingerprint density at radius 2 is 2.07 bits per heavy atom. The molecule has 0 unspecified atom stereocenters. The number of halogens is 1. The van der Waals surface area contributed by atoms with E-state index in [0.717, 1.165) is 32.5 Å². The van der Waals surface area contributed by atoms with Crippen molar-refractivity contribution in [3.8, 4) is 0 Å². The maximum Gasteiger partial charge on any atom is 0.250 e. The van der Waals surface area contributed by atoms with E-state index in [0.29, 0.717) is 23.3 Å². The van der Waals surface area contributed by atoms with Gasteiger partial charge in [0.25, 0.3) is 0 Å². The number of sulfonamides is 1. The van der Waals surface area contributed by atoms with Crippen molar-refractivity contribution in [3.05, 3.63) is 17.5 Å². The molecule has 2 heterocycles. The van der Waals surface area contributed by atoms with Crippen LogP contribution in [0.25, 0.3) is 0 Å². The molecule has 0 spiro atoms. The maximum absolute atomic E-state index is 12.1. The molecule has 12 heteroatoms. The minimum absolute atomic E-state index is 0. The smallest absolute Gasteiger partial charge is 0.250 e. The fourth-order valence-electron chi connectivity index (χ4n) is 2.87. The molecule has 29 heavy (non-hydrogen) atoms. The molecule has 0 aromatic carbocycles. The van der Waals surface area contributed by atoms with E-state index in [9.17, 15) is 13.2 Å². The summed E-state index contributed by atoms with van der Waals surface area (Å²) >= 11 is 1.19. The number of guanidine groups is 1. The molecular weight excluding hydrogens is 527 g/mol. The van der Waals surface area contributed by atoms with Gasteiger partial charge in [0, 0.05) is 39.3 Å². The van der Waals surface area contributed by atoms with Gasteiger partial charge in [-0.1, -0.05) is 6.07 Å². The lowest BCUT2D eigenvalue weighted by molar-refractivity contribution is -0.122. The minimum Gasteiger partial charge on any atom is -0.358 e. The number of aliphatic imine (C=N–C) groups is 1. The number of likely N-dealkylation sites (tertiary alicyclic amines) is 1. The average Bonchev–Trinajstić information content (AvgIpc) is 3.22. The molecule has 0 aliphatic carbocycles. The van der Waals surface area contributed by atoms with E-state index in [-0.39, 0.29) is 42.5 Å². The van der Waals surface area contributed by atoms with Gasteiger partial charge in [0.15, 0.2) is 5.96 Å². The van der Waals surface area contributed by atoms with E-state index in [1.165, 1.54) is 11.3 Å². The summed E-state index contributed by atoms with van der Waals surface area (Å²) in [6.45, 7) is 5.43. The molecule has 1 aromatic rings. The van der Waals surface area contributed by atoms with Gasteiger partial charge in [0.1, 0.15) is 4.21 Å². The number of carbonyl (C=O) groups excluding carboxylic acids is 1. The molecular formula is C17H31IN6O3S2. The summed E-state index contributed by atoms with van der Waals surface area (Å²) < 4.78 is 27.1. The fourth-order valence-corrected chi connectivity index (χ4v) is 4.92. The fraction of sp³-hybridized carbons (Fsp3) is 0.647. The third kappa shape index (κ3) is 9.15. The van der Waals surface area contributed by atoms with Crippen molar-refractivity contribution in [2.75, 3.05) is 46.3 Å². The van der Waals surface area contributed by atoms with Crippen molar-refractivity contribution in [1.29, 1.82) is 0 Å². The molecule has 0 bridgehead atoms.